The van der Waals surface area contributed by atoms with Gasteiger partial charge < -0.3 is 0 Å². The molecule has 0 spiro atoms. The van der Waals surface area contributed by atoms with Crippen LogP contribution in [-0.2, 0) is 0 Å². The third-order valence-corrected chi connectivity index (χ3v) is 4.42. The molecule has 0 saturated carbocycles. The average molecular weight is 258 g/mol. The molecule has 3 heteroatoms. The lowest BCUT2D eigenvalue weighted by Gasteiger charge is -1.96. The van der Waals surface area contributed by atoms with Gasteiger partial charge in [-0.3, -0.25) is 0 Å². The maximum absolute atomic E-state index is 2.24. The SMILES string of the molecule is CSc1ccc(-[n+]2csc3ccccc32)cc1. The lowest BCUT2D eigenvalue weighted by Crippen LogP contribution is -2.27. The van der Waals surface area contributed by atoms with E-state index in [9.17, 15) is 0 Å². The van der Waals surface area contributed by atoms with Gasteiger partial charge in [0.25, 0.3) is 0 Å². The lowest BCUT2D eigenvalue weighted by molar-refractivity contribution is -0.562. The highest BCUT2D eigenvalue weighted by atomic mass is 32.2. The molecule has 0 amide bonds. The van der Waals surface area contributed by atoms with Gasteiger partial charge in [0.2, 0.25) is 16.7 Å². The predicted molar refractivity (Wildman–Crippen MR) is 75.1 cm³/mol. The molecular formula is C14H12NS2+. The van der Waals surface area contributed by atoms with E-state index >= 15 is 0 Å². The Morgan fingerprint density at radius 2 is 1.76 bits per heavy atom. The van der Waals surface area contributed by atoms with Crippen LogP contribution in [0.4, 0.5) is 0 Å². The van der Waals surface area contributed by atoms with E-state index in [2.05, 4.69) is 64.9 Å². The number of hydrogen-bond donors (Lipinski definition) is 0. The number of benzene rings is 2. The normalized spacial score (nSPS) is 10.9. The van der Waals surface area contributed by atoms with E-state index < -0.39 is 0 Å². The summed E-state index contributed by atoms with van der Waals surface area (Å²) in [7, 11) is 0. The smallest absolute Gasteiger partial charge is 0.150 e. The Hall–Kier alpha value is -1.32. The van der Waals surface area contributed by atoms with Gasteiger partial charge in [-0.25, -0.2) is 0 Å². The number of para-hydroxylation sites is 1. The summed E-state index contributed by atoms with van der Waals surface area (Å²) in [6.45, 7) is 0. The van der Waals surface area contributed by atoms with Gasteiger partial charge >= 0.3 is 0 Å². The van der Waals surface area contributed by atoms with Gasteiger partial charge in [0.1, 0.15) is 4.70 Å². The molecule has 0 bridgehead atoms. The van der Waals surface area contributed by atoms with Crippen LogP contribution < -0.4 is 4.57 Å². The van der Waals surface area contributed by atoms with Crippen molar-refractivity contribution in [2.75, 3.05) is 6.26 Å². The summed E-state index contributed by atoms with van der Waals surface area (Å²) in [6, 6.07) is 17.2. The molecule has 0 fully saturated rings. The molecule has 0 aliphatic rings. The van der Waals surface area contributed by atoms with Crippen LogP contribution in [0.2, 0.25) is 0 Å². The molecule has 3 aromatic rings. The molecule has 1 heterocycles. The van der Waals surface area contributed by atoms with Crippen LogP contribution in [0.25, 0.3) is 15.9 Å². The standard InChI is InChI=1S/C14H12NS2/c1-16-12-8-6-11(7-9-12)15-10-17-14-5-3-2-4-13(14)15/h2-10H,1H3/q+1. The minimum atomic E-state index is 1.22. The molecule has 3 rings (SSSR count). The van der Waals surface area contributed by atoms with Gasteiger partial charge in [0.15, 0.2) is 0 Å². The van der Waals surface area contributed by atoms with Crippen LogP contribution in [0.1, 0.15) is 0 Å². The van der Waals surface area contributed by atoms with Gasteiger partial charge in [-0.2, -0.15) is 0 Å². The number of nitrogens with zero attached hydrogens (tertiary/aromatic N) is 1. The van der Waals surface area contributed by atoms with Gasteiger partial charge in [0.05, 0.1) is 0 Å². The van der Waals surface area contributed by atoms with Crippen molar-refractivity contribution in [3.05, 3.63) is 54.0 Å². The van der Waals surface area contributed by atoms with Crippen molar-refractivity contribution >= 4 is 33.3 Å². The van der Waals surface area contributed by atoms with Crippen molar-refractivity contribution in [3.8, 4) is 5.69 Å². The van der Waals surface area contributed by atoms with Gasteiger partial charge in [-0.05, 0) is 24.5 Å². The molecule has 0 atom stereocenters. The maximum Gasteiger partial charge on any atom is 0.231 e. The summed E-state index contributed by atoms with van der Waals surface area (Å²) >= 11 is 3.55. The number of rotatable bonds is 2. The first-order valence-electron chi connectivity index (χ1n) is 5.41. The van der Waals surface area contributed by atoms with E-state index in [1.54, 1.807) is 23.1 Å². The second-order valence-electron chi connectivity index (χ2n) is 3.76. The first kappa shape index (κ1) is 10.8. The number of hydrogen-bond acceptors (Lipinski definition) is 2. The molecule has 84 valence electrons. The minimum absolute atomic E-state index is 1.22. The van der Waals surface area contributed by atoms with Crippen LogP contribution in [0.3, 0.4) is 0 Å². The summed E-state index contributed by atoms with van der Waals surface area (Å²) < 4.78 is 3.56. The van der Waals surface area contributed by atoms with Crippen molar-refractivity contribution in [1.82, 2.24) is 0 Å². The van der Waals surface area contributed by atoms with Crippen LogP contribution in [-0.4, -0.2) is 6.26 Å². The second kappa shape index (κ2) is 4.51. The minimum Gasteiger partial charge on any atom is -0.150 e. The van der Waals surface area contributed by atoms with E-state index in [1.165, 1.54) is 20.8 Å². The highest BCUT2D eigenvalue weighted by Crippen LogP contribution is 2.19. The first-order valence-corrected chi connectivity index (χ1v) is 7.51. The summed E-state index contributed by atoms with van der Waals surface area (Å²) in [6.07, 6.45) is 2.10. The Balaban J connectivity index is 2.13. The quantitative estimate of drug-likeness (QED) is 0.498. The monoisotopic (exact) mass is 258 g/mol. The van der Waals surface area contributed by atoms with Crippen LogP contribution in [0, 0.1) is 0 Å². The molecule has 1 nitrogen and oxygen atoms in total. The molecule has 0 saturated heterocycles. The van der Waals surface area contributed by atoms with E-state index in [1.807, 2.05) is 0 Å². The van der Waals surface area contributed by atoms with Gasteiger partial charge in [0, 0.05) is 23.1 Å². The van der Waals surface area contributed by atoms with Crippen LogP contribution >= 0.6 is 23.1 Å². The third kappa shape index (κ3) is 1.96. The van der Waals surface area contributed by atoms with Crippen molar-refractivity contribution in [1.29, 1.82) is 0 Å². The second-order valence-corrected chi connectivity index (χ2v) is 5.53. The Kier molecular flexibility index (Phi) is 2.87. The highest BCUT2D eigenvalue weighted by Gasteiger charge is 2.13. The Morgan fingerprint density at radius 3 is 2.53 bits per heavy atom. The van der Waals surface area contributed by atoms with E-state index in [-0.39, 0.29) is 0 Å². The average Bonchev–Trinajstić information content (AvgIpc) is 2.83. The Bertz CT molecular complexity index is 641. The Labute approximate surface area is 109 Å². The number of thiazole rings is 1. The maximum atomic E-state index is 2.24. The highest BCUT2D eigenvalue weighted by molar-refractivity contribution is 7.98. The zero-order valence-corrected chi connectivity index (χ0v) is 11.1. The van der Waals surface area contributed by atoms with Crippen molar-refractivity contribution in [2.24, 2.45) is 0 Å². The fourth-order valence-electron chi connectivity index (χ4n) is 1.86. The zero-order valence-electron chi connectivity index (χ0n) is 9.46. The zero-order chi connectivity index (χ0) is 11.7. The third-order valence-electron chi connectivity index (χ3n) is 2.76. The van der Waals surface area contributed by atoms with Crippen molar-refractivity contribution in [3.63, 3.8) is 0 Å². The predicted octanol–water partition coefficient (Wildman–Crippen LogP) is 3.90. The van der Waals surface area contributed by atoms with Crippen LogP contribution in [0.15, 0.2) is 58.9 Å². The molecular weight excluding hydrogens is 246 g/mol. The van der Waals surface area contributed by atoms with E-state index in [4.69, 9.17) is 0 Å². The molecule has 17 heavy (non-hydrogen) atoms. The summed E-state index contributed by atoms with van der Waals surface area (Å²) in [5.74, 6) is 0. The molecule has 1 aromatic heterocycles. The molecule has 0 aliphatic heterocycles. The number of thioether (sulfide) groups is 1. The van der Waals surface area contributed by atoms with Gasteiger partial charge in [-0.15, -0.1) is 16.3 Å². The van der Waals surface area contributed by atoms with Crippen molar-refractivity contribution < 1.29 is 4.57 Å². The first-order chi connectivity index (χ1) is 8.38. The Morgan fingerprint density at radius 1 is 1.00 bits per heavy atom. The van der Waals surface area contributed by atoms with Gasteiger partial charge in [-0.1, -0.05) is 23.5 Å². The fraction of sp³-hybridized carbons (Fsp3) is 0.0714. The molecule has 0 radical (unpaired) electrons. The largest absolute Gasteiger partial charge is 0.231 e. The topological polar surface area (TPSA) is 3.88 Å². The summed E-state index contributed by atoms with van der Waals surface area (Å²) in [5, 5.41) is 0. The van der Waals surface area contributed by atoms with Crippen LogP contribution in [0.5, 0.6) is 0 Å². The van der Waals surface area contributed by atoms with E-state index in [0.29, 0.717) is 0 Å². The lowest BCUT2D eigenvalue weighted by atomic mass is 10.3. The molecule has 0 unspecified atom stereocenters. The molecule has 2 aromatic carbocycles. The number of fused-ring (bicyclic) bond motifs is 1. The summed E-state index contributed by atoms with van der Waals surface area (Å²) in [4.78, 5) is 1.30. The molecule has 0 aliphatic carbocycles. The molecule has 0 N–H and O–H groups in total. The van der Waals surface area contributed by atoms with E-state index in [0.717, 1.165) is 0 Å². The fourth-order valence-corrected chi connectivity index (χ4v) is 3.17. The summed E-state index contributed by atoms with van der Waals surface area (Å²) in [5.41, 5.74) is 4.66. The number of aromatic nitrogens is 1. The van der Waals surface area contributed by atoms with Crippen molar-refractivity contribution in [2.45, 2.75) is 4.90 Å².